The fourth-order valence-corrected chi connectivity index (χ4v) is 6.37. The lowest BCUT2D eigenvalue weighted by molar-refractivity contribution is -0.0177. The molecule has 50 heavy (non-hydrogen) atoms. The number of nitrogens with zero attached hydrogens (tertiary/aromatic N) is 2. The average molecular weight is 730 g/mol. The highest BCUT2D eigenvalue weighted by molar-refractivity contribution is 6.42. The van der Waals surface area contributed by atoms with Crippen LogP contribution < -0.4 is 24.8 Å². The summed E-state index contributed by atoms with van der Waals surface area (Å²) in [5.74, 6) is 1.16. The highest BCUT2D eigenvalue weighted by Crippen LogP contribution is 2.34. The number of aliphatic hydroxyl groups excluding tert-OH is 1. The molecule has 0 aromatic heterocycles. The van der Waals surface area contributed by atoms with Crippen LogP contribution in [-0.4, -0.2) is 85.2 Å². The summed E-state index contributed by atoms with van der Waals surface area (Å²) in [6.07, 6.45) is 2.14. The Kier molecular flexibility index (Phi) is 13.1. The van der Waals surface area contributed by atoms with Crippen LogP contribution in [0.2, 0.25) is 10.0 Å². The summed E-state index contributed by atoms with van der Waals surface area (Å²) >= 11 is 12.4. The zero-order valence-corrected chi connectivity index (χ0v) is 30.4. The first-order chi connectivity index (χ1) is 24.0. The number of carbonyl (C=O) groups excluding carboxylic acids is 2. The molecule has 3 aromatic rings. The van der Waals surface area contributed by atoms with Crippen molar-refractivity contribution in [2.75, 3.05) is 50.8 Å². The number of likely N-dealkylation sites (N-methyl/N-ethyl adjacent to an activating group) is 1. The molecular weight excluding hydrogens is 683 g/mol. The highest BCUT2D eigenvalue weighted by atomic mass is 35.5. The minimum Gasteiger partial charge on any atom is -0.490 e. The van der Waals surface area contributed by atoms with Crippen molar-refractivity contribution >= 4 is 46.5 Å². The van der Waals surface area contributed by atoms with Gasteiger partial charge in [-0.2, -0.15) is 0 Å². The number of hydrogen-bond donors (Lipinski definition) is 3. The van der Waals surface area contributed by atoms with E-state index in [4.69, 9.17) is 42.1 Å². The lowest BCUT2D eigenvalue weighted by atomic mass is 10.0. The molecule has 3 N–H and O–H groups in total. The van der Waals surface area contributed by atoms with Crippen molar-refractivity contribution in [3.63, 3.8) is 0 Å². The van der Waals surface area contributed by atoms with Gasteiger partial charge in [0, 0.05) is 49.6 Å². The lowest BCUT2D eigenvalue weighted by Crippen LogP contribution is -2.47. The van der Waals surface area contributed by atoms with E-state index in [2.05, 4.69) is 22.5 Å². The zero-order valence-electron chi connectivity index (χ0n) is 28.9. The summed E-state index contributed by atoms with van der Waals surface area (Å²) in [4.78, 5) is 31.3. The molecule has 13 heteroatoms. The van der Waals surface area contributed by atoms with Gasteiger partial charge in [0.2, 0.25) is 6.79 Å². The Balaban J connectivity index is 1.36. The van der Waals surface area contributed by atoms with Gasteiger partial charge >= 0.3 is 6.03 Å². The second-order valence-corrected chi connectivity index (χ2v) is 13.9. The number of hydrogen-bond acceptors (Lipinski definition) is 8. The summed E-state index contributed by atoms with van der Waals surface area (Å²) in [7, 11) is 2.02. The normalized spacial score (nSPS) is 20.4. The van der Waals surface area contributed by atoms with Crippen LogP contribution in [-0.2, 0) is 11.3 Å². The third-order valence-corrected chi connectivity index (χ3v) is 9.61. The van der Waals surface area contributed by atoms with Gasteiger partial charge in [0.25, 0.3) is 5.91 Å². The maximum atomic E-state index is 14.4. The summed E-state index contributed by atoms with van der Waals surface area (Å²) < 4.78 is 23.6. The second kappa shape index (κ2) is 17.5. The van der Waals surface area contributed by atoms with Crippen LogP contribution in [0.5, 0.6) is 17.2 Å². The maximum Gasteiger partial charge on any atom is 0.323 e. The minimum atomic E-state index is -0.497. The number of anilines is 2. The van der Waals surface area contributed by atoms with E-state index >= 15 is 0 Å². The van der Waals surface area contributed by atoms with Gasteiger partial charge in [0.1, 0.15) is 5.75 Å². The van der Waals surface area contributed by atoms with E-state index in [0.717, 1.165) is 24.8 Å². The summed E-state index contributed by atoms with van der Waals surface area (Å²) in [6, 6.07) is 14.8. The first kappa shape index (κ1) is 37.5. The van der Waals surface area contributed by atoms with Gasteiger partial charge in [-0.15, -0.1) is 0 Å². The lowest BCUT2D eigenvalue weighted by Gasteiger charge is -2.36. The number of amides is 3. The predicted octanol–water partition coefficient (Wildman–Crippen LogP) is 7.29. The number of fused-ring (bicyclic) bond motifs is 2. The smallest absolute Gasteiger partial charge is 0.323 e. The van der Waals surface area contributed by atoms with Gasteiger partial charge in [-0.25, -0.2) is 4.79 Å². The molecule has 2 heterocycles. The highest BCUT2D eigenvalue weighted by Gasteiger charge is 2.30. The van der Waals surface area contributed by atoms with E-state index in [1.54, 1.807) is 47.4 Å². The quantitative estimate of drug-likeness (QED) is 0.221. The van der Waals surface area contributed by atoms with Crippen LogP contribution in [0, 0.1) is 5.92 Å². The molecule has 0 spiro atoms. The molecule has 3 amide bonds. The van der Waals surface area contributed by atoms with E-state index in [9.17, 15) is 14.7 Å². The largest absolute Gasteiger partial charge is 0.490 e. The van der Waals surface area contributed by atoms with Crippen molar-refractivity contribution in [3.05, 3.63) is 75.8 Å². The molecule has 0 radical (unpaired) electrons. The SMILES string of the molecule is C[C@H]1CCCCO[C@H](CN(C)Cc2ccc(Cl)c(Cl)c2)[C@@H](C)CN([C@@H](C)CO)C(=O)c2cc(NC(=O)Nc3ccc4c(c3)OCO4)ccc2O1. The zero-order chi connectivity index (χ0) is 35.8. The standard InChI is InChI=1S/C37H46Cl2N4O7/c1-23-18-43(24(2)21-44)36(45)29-16-27(40-37(46)41-28-10-13-33-34(17-28)49-22-48-33)9-12-32(29)50-25(3)7-5-6-14-47-35(23)20-42(4)19-26-8-11-30(38)31(39)15-26/h8-13,15-17,23-25,35,44H,5-7,14,18-22H2,1-4H3,(H2,40,41,46)/t23-,24-,25-,35+/m0/s1. The molecule has 0 aliphatic carbocycles. The van der Waals surface area contributed by atoms with Crippen LogP contribution in [0.1, 0.15) is 56.0 Å². The van der Waals surface area contributed by atoms with Crippen molar-refractivity contribution < 1.29 is 33.6 Å². The Labute approximate surface area is 303 Å². The molecule has 2 aliphatic heterocycles. The number of rotatable bonds is 8. The molecular formula is C37H46Cl2N4O7. The Bertz CT molecular complexity index is 1640. The first-order valence-corrected chi connectivity index (χ1v) is 17.7. The first-order valence-electron chi connectivity index (χ1n) is 16.9. The van der Waals surface area contributed by atoms with Crippen LogP contribution in [0.15, 0.2) is 54.6 Å². The molecule has 0 unspecified atom stereocenters. The van der Waals surface area contributed by atoms with Crippen molar-refractivity contribution in [1.82, 2.24) is 9.80 Å². The molecule has 5 rings (SSSR count). The second-order valence-electron chi connectivity index (χ2n) is 13.1. The van der Waals surface area contributed by atoms with E-state index in [1.807, 2.05) is 33.0 Å². The Morgan fingerprint density at radius 3 is 2.44 bits per heavy atom. The Morgan fingerprint density at radius 2 is 1.70 bits per heavy atom. The van der Waals surface area contributed by atoms with Crippen molar-refractivity contribution in [3.8, 4) is 17.2 Å². The topological polar surface area (TPSA) is 122 Å². The van der Waals surface area contributed by atoms with Gasteiger partial charge in [0.05, 0.1) is 40.5 Å². The number of halogens is 2. The average Bonchev–Trinajstić information content (AvgIpc) is 3.55. The van der Waals surface area contributed by atoms with E-state index in [1.165, 1.54) is 0 Å². The number of ether oxygens (including phenoxy) is 4. The molecule has 270 valence electrons. The van der Waals surface area contributed by atoms with Gasteiger partial charge in [0.15, 0.2) is 11.5 Å². The van der Waals surface area contributed by atoms with Crippen LogP contribution in [0.3, 0.4) is 0 Å². The molecule has 3 aromatic carbocycles. The van der Waals surface area contributed by atoms with Crippen LogP contribution >= 0.6 is 23.2 Å². The van der Waals surface area contributed by atoms with E-state index in [-0.39, 0.29) is 43.0 Å². The Morgan fingerprint density at radius 1 is 0.980 bits per heavy atom. The molecule has 11 nitrogen and oxygen atoms in total. The number of aliphatic hydroxyl groups is 1. The molecule has 0 saturated carbocycles. The number of urea groups is 1. The molecule has 4 atom stereocenters. The number of benzene rings is 3. The predicted molar refractivity (Wildman–Crippen MR) is 195 cm³/mol. The molecule has 0 saturated heterocycles. The van der Waals surface area contributed by atoms with Crippen LogP contribution in [0.25, 0.3) is 0 Å². The summed E-state index contributed by atoms with van der Waals surface area (Å²) in [5, 5.41) is 16.9. The molecule has 2 aliphatic rings. The Hall–Kier alpha value is -3.74. The fraction of sp³-hybridized carbons (Fsp3) is 0.459. The van der Waals surface area contributed by atoms with Gasteiger partial charge < -0.3 is 39.6 Å². The maximum absolute atomic E-state index is 14.4. The van der Waals surface area contributed by atoms with Gasteiger partial charge in [-0.1, -0.05) is 36.2 Å². The number of carbonyl (C=O) groups is 2. The summed E-state index contributed by atoms with van der Waals surface area (Å²) in [5.41, 5.74) is 2.24. The molecule has 0 fully saturated rings. The fourth-order valence-electron chi connectivity index (χ4n) is 6.05. The third-order valence-electron chi connectivity index (χ3n) is 8.87. The van der Waals surface area contributed by atoms with Crippen molar-refractivity contribution in [2.24, 2.45) is 5.92 Å². The third kappa shape index (κ3) is 9.95. The summed E-state index contributed by atoms with van der Waals surface area (Å²) in [6.45, 7) is 7.89. The monoisotopic (exact) mass is 728 g/mol. The van der Waals surface area contributed by atoms with E-state index in [0.29, 0.717) is 64.9 Å². The van der Waals surface area contributed by atoms with Crippen LogP contribution in [0.4, 0.5) is 16.2 Å². The van der Waals surface area contributed by atoms with E-state index < -0.39 is 12.1 Å². The molecule has 0 bridgehead atoms. The van der Waals surface area contributed by atoms with Gasteiger partial charge in [-0.05, 0) is 88.2 Å². The van der Waals surface area contributed by atoms with Crippen molar-refractivity contribution in [2.45, 2.75) is 64.8 Å². The minimum absolute atomic E-state index is 0.0933. The van der Waals surface area contributed by atoms with Crippen molar-refractivity contribution in [1.29, 1.82) is 0 Å². The van der Waals surface area contributed by atoms with Gasteiger partial charge in [-0.3, -0.25) is 9.69 Å². The number of nitrogens with one attached hydrogen (secondary N) is 2.